The van der Waals surface area contributed by atoms with Gasteiger partial charge >= 0.3 is 5.97 Å². The highest BCUT2D eigenvalue weighted by atomic mass is 16.5. The Labute approximate surface area is 128 Å². The maximum Gasteiger partial charge on any atom is 0.302 e. The molecule has 1 aromatic heterocycles. The summed E-state index contributed by atoms with van der Waals surface area (Å²) in [5.74, 6) is 0.0981. The van der Waals surface area contributed by atoms with Crippen LogP contribution in [-0.2, 0) is 9.53 Å². The highest BCUT2D eigenvalue weighted by molar-refractivity contribution is 5.93. The number of carbonyl (C=O) groups excluding carboxylic acids is 2. The third-order valence-electron chi connectivity index (χ3n) is 2.95. The summed E-state index contributed by atoms with van der Waals surface area (Å²) in [6, 6.07) is 9.35. The zero-order chi connectivity index (χ0) is 16.1. The van der Waals surface area contributed by atoms with Gasteiger partial charge in [0, 0.05) is 12.5 Å². The molecule has 1 N–H and O–H groups in total. The van der Waals surface area contributed by atoms with Crippen LogP contribution in [0.3, 0.4) is 0 Å². The minimum atomic E-state index is -0.401. The van der Waals surface area contributed by atoms with E-state index in [0.29, 0.717) is 11.7 Å². The minimum absolute atomic E-state index is 0.214. The van der Waals surface area contributed by atoms with Gasteiger partial charge in [0.25, 0.3) is 5.91 Å². The fourth-order valence-corrected chi connectivity index (χ4v) is 1.96. The first kappa shape index (κ1) is 15.8. The molecule has 1 aromatic carbocycles. The third kappa shape index (κ3) is 3.94. The summed E-state index contributed by atoms with van der Waals surface area (Å²) >= 11 is 0. The van der Waals surface area contributed by atoms with Crippen molar-refractivity contribution in [3.8, 4) is 11.5 Å². The van der Waals surface area contributed by atoms with Crippen molar-refractivity contribution in [2.45, 2.75) is 26.9 Å². The second-order valence-electron chi connectivity index (χ2n) is 4.92. The van der Waals surface area contributed by atoms with Crippen LogP contribution in [0, 0.1) is 6.92 Å². The summed E-state index contributed by atoms with van der Waals surface area (Å²) in [7, 11) is 0. The first-order valence-corrected chi connectivity index (χ1v) is 6.95. The number of hydrogen-bond donors (Lipinski definition) is 1. The zero-order valence-corrected chi connectivity index (χ0v) is 12.8. The van der Waals surface area contributed by atoms with E-state index >= 15 is 0 Å². The van der Waals surface area contributed by atoms with Crippen molar-refractivity contribution in [2.75, 3.05) is 6.54 Å². The minimum Gasteiger partial charge on any atom is -0.461 e. The molecule has 1 amide bonds. The Kier molecular flexibility index (Phi) is 4.93. The predicted octanol–water partition coefficient (Wildman–Crippen LogP) is 2.33. The average Bonchev–Trinajstić information content (AvgIpc) is 2.87. The molecule has 6 nitrogen and oxygen atoms in total. The van der Waals surface area contributed by atoms with Gasteiger partial charge in [-0.3, -0.25) is 9.59 Å². The molecule has 22 heavy (non-hydrogen) atoms. The lowest BCUT2D eigenvalue weighted by atomic mass is 10.2. The molecule has 0 aliphatic carbocycles. The fraction of sp³-hybridized carbons (Fsp3) is 0.312. The van der Waals surface area contributed by atoms with E-state index in [1.54, 1.807) is 13.8 Å². The number of ether oxygens (including phenoxy) is 1. The molecule has 2 rings (SSSR count). The van der Waals surface area contributed by atoms with Gasteiger partial charge in [-0.1, -0.05) is 18.2 Å². The maximum absolute atomic E-state index is 12.1. The summed E-state index contributed by atoms with van der Waals surface area (Å²) in [4.78, 5) is 27.2. The highest BCUT2D eigenvalue weighted by Gasteiger charge is 2.18. The largest absolute Gasteiger partial charge is 0.461 e. The van der Waals surface area contributed by atoms with E-state index in [1.807, 2.05) is 30.3 Å². The molecule has 0 aliphatic heterocycles. The Morgan fingerprint density at radius 2 is 2.00 bits per heavy atom. The molecule has 0 aliphatic rings. The molecule has 6 heteroatoms. The number of esters is 1. The number of rotatable bonds is 5. The van der Waals surface area contributed by atoms with Crippen LogP contribution in [0.15, 0.2) is 34.7 Å². The lowest BCUT2D eigenvalue weighted by molar-refractivity contribution is -0.145. The summed E-state index contributed by atoms with van der Waals surface area (Å²) < 4.78 is 10.5. The quantitative estimate of drug-likeness (QED) is 0.857. The second-order valence-corrected chi connectivity index (χ2v) is 4.92. The number of benzene rings is 1. The molecule has 1 unspecified atom stereocenters. The number of aryl methyl sites for hydroxylation is 1. The zero-order valence-electron chi connectivity index (χ0n) is 12.8. The molecule has 0 saturated carbocycles. The molecular formula is C16H18N2O4. The standard InChI is InChI=1S/C16H18N2O4/c1-10(21-12(3)19)9-17-15(20)14-11(2)22-16(18-14)13-7-5-4-6-8-13/h4-8,10H,9H2,1-3H3,(H,17,20). The molecule has 0 fully saturated rings. The van der Waals surface area contributed by atoms with Gasteiger partial charge in [-0.05, 0) is 26.0 Å². The van der Waals surface area contributed by atoms with Gasteiger partial charge in [0.2, 0.25) is 5.89 Å². The summed E-state index contributed by atoms with van der Waals surface area (Å²) in [6.45, 7) is 4.92. The molecule has 116 valence electrons. The van der Waals surface area contributed by atoms with E-state index in [-0.39, 0.29) is 24.1 Å². The Bertz CT molecular complexity index is 664. The highest BCUT2D eigenvalue weighted by Crippen LogP contribution is 2.21. The number of nitrogens with zero attached hydrogens (tertiary/aromatic N) is 1. The van der Waals surface area contributed by atoms with Crippen LogP contribution >= 0.6 is 0 Å². The van der Waals surface area contributed by atoms with Gasteiger partial charge in [-0.25, -0.2) is 4.98 Å². The number of aromatic nitrogens is 1. The van der Waals surface area contributed by atoms with E-state index in [2.05, 4.69) is 10.3 Å². The van der Waals surface area contributed by atoms with Crippen molar-refractivity contribution >= 4 is 11.9 Å². The number of carbonyl (C=O) groups is 2. The van der Waals surface area contributed by atoms with E-state index in [4.69, 9.17) is 9.15 Å². The number of amides is 1. The Morgan fingerprint density at radius 3 is 2.64 bits per heavy atom. The summed E-state index contributed by atoms with van der Waals surface area (Å²) in [5.41, 5.74) is 1.03. The first-order chi connectivity index (χ1) is 10.5. The van der Waals surface area contributed by atoms with Gasteiger partial charge in [-0.15, -0.1) is 0 Å². The van der Waals surface area contributed by atoms with Crippen molar-refractivity contribution < 1.29 is 18.7 Å². The van der Waals surface area contributed by atoms with Crippen molar-refractivity contribution in [3.63, 3.8) is 0 Å². The van der Waals surface area contributed by atoms with Crippen LogP contribution in [0.4, 0.5) is 0 Å². The van der Waals surface area contributed by atoms with Crippen LogP contribution in [0.5, 0.6) is 0 Å². The van der Waals surface area contributed by atoms with E-state index in [1.165, 1.54) is 6.92 Å². The maximum atomic E-state index is 12.1. The average molecular weight is 302 g/mol. The number of oxazole rings is 1. The van der Waals surface area contributed by atoms with Crippen LogP contribution in [0.1, 0.15) is 30.1 Å². The van der Waals surface area contributed by atoms with E-state index in [0.717, 1.165) is 5.56 Å². The normalized spacial score (nSPS) is 11.8. The summed E-state index contributed by atoms with van der Waals surface area (Å²) in [6.07, 6.45) is -0.401. The Hall–Kier alpha value is -2.63. The topological polar surface area (TPSA) is 81.4 Å². The molecule has 0 bridgehead atoms. The summed E-state index contributed by atoms with van der Waals surface area (Å²) in [5, 5.41) is 2.67. The van der Waals surface area contributed by atoms with Crippen molar-refractivity contribution in [1.29, 1.82) is 0 Å². The van der Waals surface area contributed by atoms with Crippen LogP contribution in [-0.4, -0.2) is 29.5 Å². The molecule has 2 aromatic rings. The molecule has 0 spiro atoms. The lowest BCUT2D eigenvalue weighted by Crippen LogP contribution is -2.33. The van der Waals surface area contributed by atoms with Gasteiger partial charge < -0.3 is 14.5 Å². The molecular weight excluding hydrogens is 284 g/mol. The third-order valence-corrected chi connectivity index (χ3v) is 2.95. The predicted molar refractivity (Wildman–Crippen MR) is 80.2 cm³/mol. The molecule has 0 saturated heterocycles. The van der Waals surface area contributed by atoms with Gasteiger partial charge in [0.1, 0.15) is 11.9 Å². The van der Waals surface area contributed by atoms with Crippen molar-refractivity contribution in [2.24, 2.45) is 0 Å². The van der Waals surface area contributed by atoms with Gasteiger partial charge in [0.15, 0.2) is 5.69 Å². The van der Waals surface area contributed by atoms with Crippen molar-refractivity contribution in [1.82, 2.24) is 10.3 Å². The Balaban J connectivity index is 2.05. The Morgan fingerprint density at radius 1 is 1.32 bits per heavy atom. The van der Waals surface area contributed by atoms with Gasteiger partial charge in [-0.2, -0.15) is 0 Å². The fourth-order valence-electron chi connectivity index (χ4n) is 1.96. The van der Waals surface area contributed by atoms with Gasteiger partial charge in [0.05, 0.1) is 6.54 Å². The smallest absolute Gasteiger partial charge is 0.302 e. The number of nitrogens with one attached hydrogen (secondary N) is 1. The second kappa shape index (κ2) is 6.89. The monoisotopic (exact) mass is 302 g/mol. The van der Waals surface area contributed by atoms with Crippen molar-refractivity contribution in [3.05, 3.63) is 41.8 Å². The van der Waals surface area contributed by atoms with Crippen LogP contribution < -0.4 is 5.32 Å². The van der Waals surface area contributed by atoms with Crippen LogP contribution in [0.2, 0.25) is 0 Å². The van der Waals surface area contributed by atoms with Crippen LogP contribution in [0.25, 0.3) is 11.5 Å². The molecule has 1 heterocycles. The first-order valence-electron chi connectivity index (χ1n) is 6.95. The number of hydrogen-bond acceptors (Lipinski definition) is 5. The lowest BCUT2D eigenvalue weighted by Gasteiger charge is -2.11. The molecule has 0 radical (unpaired) electrons. The van der Waals surface area contributed by atoms with E-state index in [9.17, 15) is 9.59 Å². The molecule has 1 atom stereocenters. The SMILES string of the molecule is CC(=O)OC(C)CNC(=O)c1nc(-c2ccccc2)oc1C. The van der Waals surface area contributed by atoms with E-state index < -0.39 is 6.10 Å².